The number of hydrogen-bond donors (Lipinski definition) is 1. The summed E-state index contributed by atoms with van der Waals surface area (Å²) in [5, 5.41) is 10.7. The molecule has 0 saturated heterocycles. The summed E-state index contributed by atoms with van der Waals surface area (Å²) in [7, 11) is 1.69. The minimum Gasteiger partial charge on any atom is -0.496 e. The molecule has 0 aliphatic heterocycles. The number of aliphatic hydroxyl groups is 1. The van der Waals surface area contributed by atoms with Gasteiger partial charge in [-0.1, -0.05) is 19.8 Å². The highest BCUT2D eigenvalue weighted by Gasteiger charge is 2.39. The summed E-state index contributed by atoms with van der Waals surface area (Å²) in [5.74, 6) is 0.902. The summed E-state index contributed by atoms with van der Waals surface area (Å²) in [4.78, 5) is 4.52. The number of nitrogens with zero attached hydrogens (tertiary/aromatic N) is 1. The van der Waals surface area contributed by atoms with Crippen LogP contribution >= 0.6 is 0 Å². The van der Waals surface area contributed by atoms with Gasteiger partial charge in [0.25, 0.3) is 0 Å². The highest BCUT2D eigenvalue weighted by Crippen LogP contribution is 2.45. The van der Waals surface area contributed by atoms with Crippen LogP contribution in [0.4, 0.5) is 0 Å². The van der Waals surface area contributed by atoms with Crippen LogP contribution in [0.3, 0.4) is 0 Å². The minimum atomic E-state index is -0.298. The highest BCUT2D eigenvalue weighted by molar-refractivity contribution is 5.41. The first kappa shape index (κ1) is 15.3. The van der Waals surface area contributed by atoms with E-state index in [1.165, 1.54) is 12.8 Å². The third-order valence-electron chi connectivity index (χ3n) is 5.15. The summed E-state index contributed by atoms with van der Waals surface area (Å²) >= 11 is 0. The van der Waals surface area contributed by atoms with Crippen LogP contribution in [0.25, 0.3) is 0 Å². The van der Waals surface area contributed by atoms with E-state index in [2.05, 4.69) is 11.9 Å². The van der Waals surface area contributed by atoms with Crippen LogP contribution < -0.4 is 4.74 Å². The molecule has 0 amide bonds. The first-order chi connectivity index (χ1) is 9.54. The predicted octanol–water partition coefficient (Wildman–Crippen LogP) is 3.58. The van der Waals surface area contributed by atoms with Crippen molar-refractivity contribution >= 4 is 0 Å². The molecule has 1 heterocycles. The number of aliphatic hydroxyl groups excluding tert-OH is 1. The smallest absolute Gasteiger partial charge is 0.128 e. The van der Waals surface area contributed by atoms with E-state index in [0.29, 0.717) is 6.42 Å². The first-order valence-electron chi connectivity index (χ1n) is 7.71. The molecule has 1 aromatic heterocycles. The molecular formula is C17H27NO2. The van der Waals surface area contributed by atoms with E-state index in [0.717, 1.165) is 41.8 Å². The number of pyridine rings is 1. The van der Waals surface area contributed by atoms with Crippen LogP contribution in [0, 0.1) is 19.3 Å². The maximum atomic E-state index is 10.7. The fourth-order valence-electron chi connectivity index (χ4n) is 3.68. The van der Waals surface area contributed by atoms with Gasteiger partial charge in [-0.2, -0.15) is 0 Å². The standard InChI is InChI=1S/C17H27NO2/c1-5-17(8-6-7-9-17)15(19)10-14-13(3)16(20-4)12(2)11-18-14/h11,15,19H,5-10H2,1-4H3. The molecule has 1 saturated carbocycles. The zero-order valence-electron chi connectivity index (χ0n) is 13.2. The van der Waals surface area contributed by atoms with Crippen molar-refractivity contribution < 1.29 is 9.84 Å². The summed E-state index contributed by atoms with van der Waals surface area (Å²) in [6, 6.07) is 0. The predicted molar refractivity (Wildman–Crippen MR) is 81.2 cm³/mol. The highest BCUT2D eigenvalue weighted by atomic mass is 16.5. The Morgan fingerprint density at radius 3 is 2.55 bits per heavy atom. The molecule has 1 fully saturated rings. The second-order valence-corrected chi connectivity index (χ2v) is 6.19. The van der Waals surface area contributed by atoms with Crippen molar-refractivity contribution in [3.05, 3.63) is 23.0 Å². The van der Waals surface area contributed by atoms with E-state index in [1.807, 2.05) is 20.0 Å². The largest absolute Gasteiger partial charge is 0.496 e. The molecule has 2 rings (SSSR count). The average Bonchev–Trinajstić information content (AvgIpc) is 2.92. The summed E-state index contributed by atoms with van der Waals surface area (Å²) in [5.41, 5.74) is 3.19. The van der Waals surface area contributed by atoms with Gasteiger partial charge in [0.1, 0.15) is 5.75 Å². The van der Waals surface area contributed by atoms with Crippen LogP contribution in [0.1, 0.15) is 55.8 Å². The van der Waals surface area contributed by atoms with E-state index in [9.17, 15) is 5.11 Å². The monoisotopic (exact) mass is 277 g/mol. The van der Waals surface area contributed by atoms with Gasteiger partial charge in [0, 0.05) is 29.4 Å². The molecule has 3 heteroatoms. The lowest BCUT2D eigenvalue weighted by molar-refractivity contribution is 0.0249. The Kier molecular flexibility index (Phi) is 4.69. The third-order valence-corrected chi connectivity index (χ3v) is 5.15. The molecule has 1 unspecified atom stereocenters. The molecule has 1 aliphatic rings. The normalized spacial score (nSPS) is 19.1. The van der Waals surface area contributed by atoms with E-state index in [1.54, 1.807) is 7.11 Å². The Morgan fingerprint density at radius 1 is 1.35 bits per heavy atom. The Balaban J connectivity index is 2.21. The Hall–Kier alpha value is -1.09. The maximum Gasteiger partial charge on any atom is 0.128 e. The topological polar surface area (TPSA) is 42.4 Å². The lowest BCUT2D eigenvalue weighted by Crippen LogP contribution is -2.34. The number of ether oxygens (including phenoxy) is 1. The van der Waals surface area contributed by atoms with Crippen LogP contribution in [0.15, 0.2) is 6.20 Å². The van der Waals surface area contributed by atoms with Gasteiger partial charge in [0.05, 0.1) is 13.2 Å². The van der Waals surface area contributed by atoms with Crippen molar-refractivity contribution in [3.8, 4) is 5.75 Å². The van der Waals surface area contributed by atoms with E-state index >= 15 is 0 Å². The van der Waals surface area contributed by atoms with Crippen molar-refractivity contribution in [2.75, 3.05) is 7.11 Å². The van der Waals surface area contributed by atoms with E-state index in [-0.39, 0.29) is 11.5 Å². The SMILES string of the molecule is CCC1(C(O)Cc2ncc(C)c(OC)c2C)CCCC1. The van der Waals surface area contributed by atoms with Gasteiger partial charge in [-0.25, -0.2) is 0 Å². The number of aromatic nitrogens is 1. The zero-order valence-corrected chi connectivity index (χ0v) is 13.2. The number of hydrogen-bond acceptors (Lipinski definition) is 3. The average molecular weight is 277 g/mol. The van der Waals surface area contributed by atoms with Crippen molar-refractivity contribution in [2.24, 2.45) is 5.41 Å². The lowest BCUT2D eigenvalue weighted by atomic mass is 9.76. The maximum absolute atomic E-state index is 10.7. The molecule has 1 N–H and O–H groups in total. The second-order valence-electron chi connectivity index (χ2n) is 6.19. The van der Waals surface area contributed by atoms with Gasteiger partial charge in [0.2, 0.25) is 0 Å². The van der Waals surface area contributed by atoms with Gasteiger partial charge in [-0.05, 0) is 38.5 Å². The first-order valence-corrected chi connectivity index (χ1v) is 7.71. The molecule has 3 nitrogen and oxygen atoms in total. The third kappa shape index (κ3) is 2.69. The van der Waals surface area contributed by atoms with Gasteiger partial charge < -0.3 is 9.84 Å². The zero-order chi connectivity index (χ0) is 14.8. The Bertz CT molecular complexity index is 464. The molecule has 0 aromatic carbocycles. The summed E-state index contributed by atoms with van der Waals surface area (Å²) in [6.07, 6.45) is 8.02. The number of methoxy groups -OCH3 is 1. The minimum absolute atomic E-state index is 0.103. The van der Waals surface area contributed by atoms with Gasteiger partial charge in [-0.15, -0.1) is 0 Å². The van der Waals surface area contributed by atoms with Crippen molar-refractivity contribution in [2.45, 2.75) is 65.4 Å². The second kappa shape index (κ2) is 6.13. The molecule has 1 aliphatic carbocycles. The molecule has 112 valence electrons. The van der Waals surface area contributed by atoms with Crippen molar-refractivity contribution in [1.29, 1.82) is 0 Å². The number of rotatable bonds is 5. The lowest BCUT2D eigenvalue weighted by Gasteiger charge is -2.33. The van der Waals surface area contributed by atoms with Gasteiger partial charge >= 0.3 is 0 Å². The van der Waals surface area contributed by atoms with Crippen LogP contribution in [-0.2, 0) is 6.42 Å². The molecule has 0 spiro atoms. The van der Waals surface area contributed by atoms with E-state index in [4.69, 9.17) is 4.74 Å². The van der Waals surface area contributed by atoms with Crippen molar-refractivity contribution in [3.63, 3.8) is 0 Å². The summed E-state index contributed by atoms with van der Waals surface area (Å²) in [6.45, 7) is 6.24. The van der Waals surface area contributed by atoms with Crippen LogP contribution in [0.5, 0.6) is 5.75 Å². The van der Waals surface area contributed by atoms with Crippen LogP contribution in [0.2, 0.25) is 0 Å². The molecule has 0 bridgehead atoms. The van der Waals surface area contributed by atoms with Crippen molar-refractivity contribution in [1.82, 2.24) is 4.98 Å². The van der Waals surface area contributed by atoms with Gasteiger partial charge in [-0.3, -0.25) is 4.98 Å². The Labute approximate surface area is 122 Å². The molecular weight excluding hydrogens is 250 g/mol. The van der Waals surface area contributed by atoms with Gasteiger partial charge in [0.15, 0.2) is 0 Å². The molecule has 1 aromatic rings. The van der Waals surface area contributed by atoms with Crippen LogP contribution in [-0.4, -0.2) is 23.3 Å². The fraction of sp³-hybridized carbons (Fsp3) is 0.706. The fourth-order valence-corrected chi connectivity index (χ4v) is 3.68. The van der Waals surface area contributed by atoms with E-state index < -0.39 is 0 Å². The molecule has 0 radical (unpaired) electrons. The number of aryl methyl sites for hydroxylation is 1. The molecule has 20 heavy (non-hydrogen) atoms. The Morgan fingerprint density at radius 2 is 2.00 bits per heavy atom. The quantitative estimate of drug-likeness (QED) is 0.894. The molecule has 1 atom stereocenters. The summed E-state index contributed by atoms with van der Waals surface area (Å²) < 4.78 is 5.45.